The summed E-state index contributed by atoms with van der Waals surface area (Å²) in [7, 11) is 0. The van der Waals surface area contributed by atoms with E-state index in [1.807, 2.05) is 75.9 Å². The van der Waals surface area contributed by atoms with E-state index in [2.05, 4.69) is 16.3 Å². The zero-order valence-electron chi connectivity index (χ0n) is 24.2. The van der Waals surface area contributed by atoms with Crippen LogP contribution in [-0.4, -0.2) is 66.2 Å². The molecule has 9 heteroatoms. The van der Waals surface area contributed by atoms with Gasteiger partial charge in [-0.1, -0.05) is 23.7 Å². The predicted octanol–water partition coefficient (Wildman–Crippen LogP) is 6.13. The van der Waals surface area contributed by atoms with Crippen molar-refractivity contribution in [3.05, 3.63) is 58.1 Å². The van der Waals surface area contributed by atoms with Gasteiger partial charge in [0, 0.05) is 43.4 Å². The van der Waals surface area contributed by atoms with Gasteiger partial charge in [0.2, 0.25) is 5.91 Å². The molecule has 2 fully saturated rings. The lowest BCUT2D eigenvalue weighted by Crippen LogP contribution is -2.57. The van der Waals surface area contributed by atoms with Crippen LogP contribution < -0.4 is 10.2 Å². The second kappa shape index (κ2) is 12.4. The van der Waals surface area contributed by atoms with Crippen molar-refractivity contribution in [2.24, 2.45) is 0 Å². The smallest absolute Gasteiger partial charge is 0.410 e. The fraction of sp³-hybridized carbons (Fsp3) is 0.516. The van der Waals surface area contributed by atoms with Gasteiger partial charge in [0.05, 0.1) is 17.3 Å². The first-order chi connectivity index (χ1) is 19.0. The van der Waals surface area contributed by atoms with Crippen molar-refractivity contribution in [1.29, 1.82) is 5.26 Å². The number of nitrogens with one attached hydrogen (secondary N) is 1. The summed E-state index contributed by atoms with van der Waals surface area (Å²) >= 11 is 6.49. The molecule has 0 aliphatic carbocycles. The molecule has 2 aromatic carbocycles. The minimum Gasteiger partial charge on any atom is -0.444 e. The summed E-state index contributed by atoms with van der Waals surface area (Å²) in [6.07, 6.45) is 2.04. The standard InChI is InChI=1S/C31H40ClN5O3/c1-21-9-12-25(26(32)18-21)22(2)34-27-19-24(11-10-23(27)20-33)35-14-16-36(17-15-35)29(38)28-8-6-7-13-37(28)30(39)40-31(3,4)5/h9-12,18-19,22,28,34H,6-8,13-17H2,1-5H3/t22?,28-/m1/s1. The van der Waals surface area contributed by atoms with Gasteiger partial charge in [0.25, 0.3) is 0 Å². The van der Waals surface area contributed by atoms with Gasteiger partial charge in [-0.2, -0.15) is 5.26 Å². The van der Waals surface area contributed by atoms with Gasteiger partial charge in [-0.15, -0.1) is 0 Å². The number of halogens is 1. The van der Waals surface area contributed by atoms with Crippen molar-refractivity contribution in [2.75, 3.05) is 42.9 Å². The molecule has 4 rings (SSSR count). The van der Waals surface area contributed by atoms with Crippen LogP contribution in [0.2, 0.25) is 5.02 Å². The average Bonchev–Trinajstić information content (AvgIpc) is 2.91. The van der Waals surface area contributed by atoms with E-state index in [0.717, 1.165) is 35.3 Å². The molecule has 2 aromatic rings. The lowest BCUT2D eigenvalue weighted by molar-refractivity contribution is -0.138. The van der Waals surface area contributed by atoms with Gasteiger partial charge >= 0.3 is 6.09 Å². The Morgan fingerprint density at radius 1 is 1.07 bits per heavy atom. The topological polar surface area (TPSA) is 88.9 Å². The summed E-state index contributed by atoms with van der Waals surface area (Å²) in [6, 6.07) is 13.5. The summed E-state index contributed by atoms with van der Waals surface area (Å²) in [5.41, 5.74) is 3.76. The highest BCUT2D eigenvalue weighted by Gasteiger charge is 2.37. The fourth-order valence-corrected chi connectivity index (χ4v) is 5.76. The van der Waals surface area contributed by atoms with Gasteiger partial charge in [-0.25, -0.2) is 4.79 Å². The van der Waals surface area contributed by atoms with Gasteiger partial charge < -0.3 is 19.9 Å². The number of ether oxygens (including phenoxy) is 1. The highest BCUT2D eigenvalue weighted by Crippen LogP contribution is 2.31. The van der Waals surface area contributed by atoms with E-state index < -0.39 is 17.7 Å². The monoisotopic (exact) mass is 565 g/mol. The maximum absolute atomic E-state index is 13.5. The summed E-state index contributed by atoms with van der Waals surface area (Å²) in [4.78, 5) is 32.1. The largest absolute Gasteiger partial charge is 0.444 e. The van der Waals surface area contributed by atoms with E-state index in [-0.39, 0.29) is 11.9 Å². The first-order valence-electron chi connectivity index (χ1n) is 14.1. The van der Waals surface area contributed by atoms with Crippen LogP contribution in [0.15, 0.2) is 36.4 Å². The Morgan fingerprint density at radius 3 is 2.45 bits per heavy atom. The summed E-state index contributed by atoms with van der Waals surface area (Å²) in [5, 5.41) is 13.9. The molecular weight excluding hydrogens is 526 g/mol. The number of piperazine rings is 1. The molecular formula is C31H40ClN5O3. The molecule has 2 amide bonds. The number of carbonyl (C=O) groups excluding carboxylic acids is 2. The Labute approximate surface area is 242 Å². The Bertz CT molecular complexity index is 1280. The number of likely N-dealkylation sites (tertiary alicyclic amines) is 1. The van der Waals surface area contributed by atoms with Gasteiger partial charge in [0.15, 0.2) is 0 Å². The number of hydrogen-bond donors (Lipinski definition) is 1. The average molecular weight is 566 g/mol. The molecule has 2 aliphatic heterocycles. The van der Waals surface area contributed by atoms with Crippen molar-refractivity contribution in [3.63, 3.8) is 0 Å². The molecule has 2 aliphatic rings. The normalized spacial score (nSPS) is 18.6. The van der Waals surface area contributed by atoms with E-state index in [1.54, 1.807) is 4.90 Å². The number of anilines is 2. The Kier molecular flexibility index (Phi) is 9.15. The van der Waals surface area contributed by atoms with Crippen molar-refractivity contribution in [1.82, 2.24) is 9.80 Å². The van der Waals surface area contributed by atoms with E-state index in [9.17, 15) is 14.9 Å². The van der Waals surface area contributed by atoms with Crippen molar-refractivity contribution in [3.8, 4) is 6.07 Å². The molecule has 0 saturated carbocycles. The van der Waals surface area contributed by atoms with Crippen LogP contribution in [-0.2, 0) is 9.53 Å². The van der Waals surface area contributed by atoms with Crippen molar-refractivity contribution >= 4 is 35.0 Å². The zero-order chi connectivity index (χ0) is 29.0. The molecule has 2 heterocycles. The minimum atomic E-state index is -0.604. The summed E-state index contributed by atoms with van der Waals surface area (Å²) in [6.45, 7) is 12.5. The molecule has 0 aromatic heterocycles. The molecule has 8 nitrogen and oxygen atoms in total. The Morgan fingerprint density at radius 2 is 1.80 bits per heavy atom. The molecule has 1 unspecified atom stereocenters. The van der Waals surface area contributed by atoms with E-state index >= 15 is 0 Å². The van der Waals surface area contributed by atoms with Crippen LogP contribution in [0.1, 0.15) is 69.7 Å². The molecule has 2 atom stereocenters. The predicted molar refractivity (Wildman–Crippen MR) is 159 cm³/mol. The third-order valence-electron chi connectivity index (χ3n) is 7.49. The lowest BCUT2D eigenvalue weighted by Gasteiger charge is -2.41. The number of piperidine rings is 1. The van der Waals surface area contributed by atoms with E-state index in [0.29, 0.717) is 49.7 Å². The molecule has 0 radical (unpaired) electrons. The van der Waals surface area contributed by atoms with E-state index in [1.165, 1.54) is 0 Å². The van der Waals surface area contributed by atoms with E-state index in [4.69, 9.17) is 16.3 Å². The number of nitriles is 1. The first kappa shape index (κ1) is 29.5. The van der Waals surface area contributed by atoms with Crippen LogP contribution in [0, 0.1) is 18.3 Å². The third-order valence-corrected chi connectivity index (χ3v) is 7.82. The maximum Gasteiger partial charge on any atom is 0.410 e. The lowest BCUT2D eigenvalue weighted by atomic mass is 10.0. The Hall–Kier alpha value is -3.44. The quantitative estimate of drug-likeness (QED) is 0.469. The molecule has 0 bridgehead atoms. The van der Waals surface area contributed by atoms with Gasteiger partial charge in [0.1, 0.15) is 17.7 Å². The zero-order valence-corrected chi connectivity index (χ0v) is 24.9. The SMILES string of the molecule is Cc1ccc(C(C)Nc2cc(N3CCN(C(=O)[C@H]4CCCCN4C(=O)OC(C)(C)C)CC3)ccc2C#N)c(Cl)c1. The number of amides is 2. The fourth-order valence-electron chi connectivity index (χ4n) is 5.36. The van der Waals surface area contributed by atoms with Crippen molar-refractivity contribution < 1.29 is 14.3 Å². The highest BCUT2D eigenvalue weighted by atomic mass is 35.5. The molecule has 2 saturated heterocycles. The second-order valence-electron chi connectivity index (χ2n) is 11.7. The highest BCUT2D eigenvalue weighted by molar-refractivity contribution is 6.31. The summed E-state index contributed by atoms with van der Waals surface area (Å²) in [5.74, 6) is -0.00352. The van der Waals surface area contributed by atoms with Crippen LogP contribution in [0.4, 0.5) is 16.2 Å². The molecule has 1 N–H and O–H groups in total. The molecule has 214 valence electrons. The molecule has 40 heavy (non-hydrogen) atoms. The third kappa shape index (κ3) is 7.00. The minimum absolute atomic E-state index is 0.00352. The van der Waals surface area contributed by atoms with Crippen LogP contribution >= 0.6 is 11.6 Å². The summed E-state index contributed by atoms with van der Waals surface area (Å²) < 4.78 is 5.59. The first-order valence-corrected chi connectivity index (χ1v) is 14.4. The van der Waals surface area contributed by atoms with Crippen LogP contribution in [0.25, 0.3) is 0 Å². The number of aryl methyl sites for hydroxylation is 1. The maximum atomic E-state index is 13.5. The van der Waals surface area contributed by atoms with Gasteiger partial charge in [-0.05, 0) is 89.3 Å². The van der Waals surface area contributed by atoms with Gasteiger partial charge in [-0.3, -0.25) is 9.69 Å². The number of nitrogens with zero attached hydrogens (tertiary/aromatic N) is 4. The number of hydrogen-bond acceptors (Lipinski definition) is 6. The Balaban J connectivity index is 1.42. The number of carbonyl (C=O) groups is 2. The second-order valence-corrected chi connectivity index (χ2v) is 12.1. The van der Waals surface area contributed by atoms with Crippen LogP contribution in [0.5, 0.6) is 0 Å². The number of rotatable bonds is 5. The van der Waals surface area contributed by atoms with Crippen LogP contribution in [0.3, 0.4) is 0 Å². The molecule has 0 spiro atoms. The number of benzene rings is 2. The van der Waals surface area contributed by atoms with Crippen molar-refractivity contribution in [2.45, 2.75) is 71.6 Å².